The zero-order chi connectivity index (χ0) is 16.2. The third-order valence-electron chi connectivity index (χ3n) is 4.55. The summed E-state index contributed by atoms with van der Waals surface area (Å²) in [5.74, 6) is 1.32. The summed E-state index contributed by atoms with van der Waals surface area (Å²) in [5.41, 5.74) is 2.81. The molecule has 2 nitrogen and oxygen atoms in total. The van der Waals surface area contributed by atoms with E-state index in [1.807, 2.05) is 18.7 Å². The van der Waals surface area contributed by atoms with Crippen LogP contribution in [0.15, 0.2) is 35.2 Å². The van der Waals surface area contributed by atoms with Crippen LogP contribution >= 0.6 is 11.8 Å². The molecule has 0 spiro atoms. The highest BCUT2D eigenvalue weighted by molar-refractivity contribution is 7.99. The quantitative estimate of drug-likeness (QED) is 0.614. The highest BCUT2D eigenvalue weighted by Crippen LogP contribution is 2.36. The lowest BCUT2D eigenvalue weighted by atomic mass is 9.85. The van der Waals surface area contributed by atoms with Crippen molar-refractivity contribution in [3.8, 4) is 0 Å². The van der Waals surface area contributed by atoms with Crippen LogP contribution in [0, 0.1) is 0 Å². The van der Waals surface area contributed by atoms with Crippen LogP contribution in [0.5, 0.6) is 0 Å². The topological polar surface area (TPSA) is 29.1 Å². The van der Waals surface area contributed by atoms with Crippen molar-refractivity contribution in [3.05, 3.63) is 41.5 Å². The summed E-state index contributed by atoms with van der Waals surface area (Å²) in [6.45, 7) is 4.15. The Hall–Kier alpha value is -1.48. The van der Waals surface area contributed by atoms with E-state index < -0.39 is 0 Å². The lowest BCUT2D eigenvalue weighted by Gasteiger charge is -2.27. The van der Waals surface area contributed by atoms with Crippen molar-refractivity contribution in [1.82, 2.24) is 5.32 Å². The van der Waals surface area contributed by atoms with Crippen molar-refractivity contribution in [1.29, 1.82) is 0 Å². The fourth-order valence-electron chi connectivity index (χ4n) is 3.37. The van der Waals surface area contributed by atoms with Crippen molar-refractivity contribution >= 4 is 28.4 Å². The zero-order valence-electron chi connectivity index (χ0n) is 14.0. The van der Waals surface area contributed by atoms with E-state index in [1.54, 1.807) is 0 Å². The minimum atomic E-state index is 0.154. The number of carbonyl (C=O) groups is 1. The van der Waals surface area contributed by atoms with Crippen molar-refractivity contribution in [2.45, 2.75) is 56.9 Å². The molecule has 1 unspecified atom stereocenters. The predicted octanol–water partition coefficient (Wildman–Crippen LogP) is 4.73. The van der Waals surface area contributed by atoms with E-state index in [9.17, 15) is 4.79 Å². The van der Waals surface area contributed by atoms with Gasteiger partial charge in [-0.3, -0.25) is 4.79 Å². The van der Waals surface area contributed by atoms with Gasteiger partial charge in [-0.1, -0.05) is 44.5 Å². The maximum absolute atomic E-state index is 11.8. The fraction of sp³-hybridized carbons (Fsp3) is 0.450. The summed E-state index contributed by atoms with van der Waals surface area (Å²) < 4.78 is 0. The van der Waals surface area contributed by atoms with Crippen molar-refractivity contribution in [2.75, 3.05) is 5.75 Å². The molecule has 0 heterocycles. The van der Waals surface area contributed by atoms with E-state index in [4.69, 9.17) is 0 Å². The molecule has 23 heavy (non-hydrogen) atoms. The predicted molar refractivity (Wildman–Crippen MR) is 99.2 cm³/mol. The third kappa shape index (κ3) is 3.55. The van der Waals surface area contributed by atoms with Crippen LogP contribution in [0.25, 0.3) is 10.8 Å². The third-order valence-corrected chi connectivity index (χ3v) is 5.74. The molecule has 0 bridgehead atoms. The Morgan fingerprint density at radius 1 is 1.22 bits per heavy atom. The molecule has 0 radical (unpaired) electrons. The monoisotopic (exact) mass is 327 g/mol. The highest BCUT2D eigenvalue weighted by Gasteiger charge is 2.23. The van der Waals surface area contributed by atoms with Crippen LogP contribution in [-0.2, 0) is 17.6 Å². The van der Waals surface area contributed by atoms with Gasteiger partial charge in [-0.25, -0.2) is 0 Å². The van der Waals surface area contributed by atoms with Crippen molar-refractivity contribution in [3.63, 3.8) is 0 Å². The summed E-state index contributed by atoms with van der Waals surface area (Å²) in [4.78, 5) is 13.2. The van der Waals surface area contributed by atoms with Gasteiger partial charge in [0.2, 0.25) is 5.91 Å². The number of rotatable bonds is 6. The van der Waals surface area contributed by atoms with Gasteiger partial charge in [0.05, 0.1) is 0 Å². The number of carbonyl (C=O) groups excluding carboxylic acids is 1. The minimum Gasteiger partial charge on any atom is -0.353 e. The Labute approximate surface area is 143 Å². The normalized spacial score (nSPS) is 16.5. The van der Waals surface area contributed by atoms with Gasteiger partial charge in [0, 0.05) is 17.4 Å². The smallest absolute Gasteiger partial charge is 0.219 e. The average molecular weight is 327 g/mol. The molecule has 2 aromatic carbocycles. The molecule has 1 N–H and O–H groups in total. The maximum atomic E-state index is 11.8. The standard InChI is InChI=1S/C20H25NOS/c1-3-5-11-23-18-10-9-14-7-6-8-15-12-16(21-19(22)4-2)13-17(18)20(14)15/h6-10,16H,3-5,11-13H2,1-2H3,(H,21,22). The molecular formula is C20H25NOS. The second-order valence-corrected chi connectivity index (χ2v) is 7.42. The van der Waals surface area contributed by atoms with E-state index in [1.165, 1.54) is 45.4 Å². The van der Waals surface area contributed by atoms with Crippen LogP contribution in [-0.4, -0.2) is 17.7 Å². The first-order valence-electron chi connectivity index (χ1n) is 8.68. The van der Waals surface area contributed by atoms with Gasteiger partial charge in [-0.05, 0) is 53.0 Å². The largest absolute Gasteiger partial charge is 0.353 e. The maximum Gasteiger partial charge on any atom is 0.219 e. The molecule has 1 atom stereocenters. The number of nitrogens with one attached hydrogen (secondary N) is 1. The SMILES string of the molecule is CCCCSc1ccc2cccc3c2c1CC(NC(=O)CC)C3. The molecule has 1 aliphatic rings. The number of hydrogen-bond acceptors (Lipinski definition) is 2. The van der Waals surface area contributed by atoms with E-state index in [0.717, 1.165) is 12.8 Å². The van der Waals surface area contributed by atoms with E-state index in [-0.39, 0.29) is 11.9 Å². The van der Waals surface area contributed by atoms with E-state index >= 15 is 0 Å². The summed E-state index contributed by atoms with van der Waals surface area (Å²) in [5, 5.41) is 5.96. The average Bonchev–Trinajstić information content (AvgIpc) is 2.57. The number of amides is 1. The lowest BCUT2D eigenvalue weighted by molar-refractivity contribution is -0.121. The first kappa shape index (κ1) is 16.4. The summed E-state index contributed by atoms with van der Waals surface area (Å²) in [6.07, 6.45) is 4.93. The lowest BCUT2D eigenvalue weighted by Crippen LogP contribution is -2.39. The molecule has 3 heteroatoms. The van der Waals surface area contributed by atoms with Gasteiger partial charge < -0.3 is 5.32 Å². The molecule has 0 saturated heterocycles. The minimum absolute atomic E-state index is 0.154. The Balaban J connectivity index is 1.95. The van der Waals surface area contributed by atoms with E-state index in [0.29, 0.717) is 6.42 Å². The van der Waals surface area contributed by atoms with Crippen LogP contribution in [0.1, 0.15) is 44.2 Å². The molecule has 0 saturated carbocycles. The van der Waals surface area contributed by atoms with Gasteiger partial charge in [0.25, 0.3) is 0 Å². The molecule has 1 amide bonds. The molecule has 3 rings (SSSR count). The molecule has 0 fully saturated rings. The number of benzene rings is 2. The number of unbranched alkanes of at least 4 members (excludes halogenated alkanes) is 1. The van der Waals surface area contributed by atoms with Crippen molar-refractivity contribution in [2.24, 2.45) is 0 Å². The van der Waals surface area contributed by atoms with Crippen molar-refractivity contribution < 1.29 is 4.79 Å². The van der Waals surface area contributed by atoms with E-state index in [2.05, 4.69) is 42.6 Å². The first-order valence-corrected chi connectivity index (χ1v) is 9.67. The molecule has 2 aromatic rings. The van der Waals surface area contributed by atoms with Crippen LogP contribution in [0.3, 0.4) is 0 Å². The van der Waals surface area contributed by atoms with Gasteiger partial charge in [-0.15, -0.1) is 11.8 Å². The fourth-order valence-corrected chi connectivity index (χ4v) is 4.54. The van der Waals surface area contributed by atoms with Gasteiger partial charge in [0.15, 0.2) is 0 Å². The summed E-state index contributed by atoms with van der Waals surface area (Å²) in [6, 6.07) is 11.3. The molecule has 122 valence electrons. The summed E-state index contributed by atoms with van der Waals surface area (Å²) in [7, 11) is 0. The second kappa shape index (κ2) is 7.39. The molecular weight excluding hydrogens is 302 g/mol. The van der Waals surface area contributed by atoms with Crippen LogP contribution < -0.4 is 5.32 Å². The first-order chi connectivity index (χ1) is 11.2. The van der Waals surface area contributed by atoms with Gasteiger partial charge >= 0.3 is 0 Å². The Morgan fingerprint density at radius 2 is 2.09 bits per heavy atom. The summed E-state index contributed by atoms with van der Waals surface area (Å²) >= 11 is 1.97. The van der Waals surface area contributed by atoms with Crippen LogP contribution in [0.4, 0.5) is 0 Å². The zero-order valence-corrected chi connectivity index (χ0v) is 14.8. The molecule has 0 aromatic heterocycles. The molecule has 1 aliphatic carbocycles. The Morgan fingerprint density at radius 3 is 2.87 bits per heavy atom. The Kier molecular flexibility index (Phi) is 5.27. The second-order valence-electron chi connectivity index (χ2n) is 6.29. The van der Waals surface area contributed by atoms with Crippen LogP contribution in [0.2, 0.25) is 0 Å². The van der Waals surface area contributed by atoms with Gasteiger partial charge in [-0.2, -0.15) is 0 Å². The molecule has 0 aliphatic heterocycles. The number of hydrogen-bond donors (Lipinski definition) is 1. The number of thioether (sulfide) groups is 1. The highest BCUT2D eigenvalue weighted by atomic mass is 32.2. The Bertz CT molecular complexity index is 710. The van der Waals surface area contributed by atoms with Gasteiger partial charge in [0.1, 0.15) is 0 Å².